The first-order valence-corrected chi connectivity index (χ1v) is 46.8. The Bertz CT molecular complexity index is 6180. The highest BCUT2D eigenvalue weighted by Crippen LogP contribution is 2.31. The molecule has 4 aromatic heterocycles. The van der Waals surface area contributed by atoms with Crippen LogP contribution in [0.1, 0.15) is 94.8 Å². The Labute approximate surface area is 796 Å². The fraction of sp³-hybridized carbons (Fsp3) is 0.375. The second-order valence-corrected chi connectivity index (χ2v) is 35.0. The first kappa shape index (κ1) is 99.2. The Morgan fingerprint density at radius 2 is 0.757 bits per heavy atom. The molecule has 6 aliphatic heterocycles. The average molecular weight is 1870 g/mol. The van der Waals surface area contributed by atoms with Crippen LogP contribution in [0.2, 0.25) is 0 Å². The lowest BCUT2D eigenvalue weighted by molar-refractivity contribution is 0.0359. The van der Waals surface area contributed by atoms with Crippen LogP contribution in [-0.2, 0) is 83.5 Å². The highest BCUT2D eigenvalue weighted by molar-refractivity contribution is 6.18. The normalized spacial score (nSPS) is 15.4. The number of halogens is 1. The van der Waals surface area contributed by atoms with Crippen LogP contribution in [0.4, 0.5) is 16.2 Å². The molecule has 10 heterocycles. The van der Waals surface area contributed by atoms with Crippen molar-refractivity contribution in [2.24, 2.45) is 4.99 Å². The van der Waals surface area contributed by atoms with Crippen LogP contribution in [0, 0.1) is 0 Å². The number of anilines is 2. The predicted molar refractivity (Wildman–Crippen MR) is 527 cm³/mol. The lowest BCUT2D eigenvalue weighted by atomic mass is 9.96. The SMILES string of the molecule is CC(C)(C)OC(=O)Nc1ccc(-c2ccccc2)cc1CC(=O)c1ccc2nn(CCN3CCOCC3)cc2c1.COC(=O)c1ccc2c(c1)C=NC2.COC(=O)c1ccc2nn(CCN3CCOCC3)cc2c1.ClCCN1CCOCC1.Nc1ccc(-c2ccccc2)cc1CC(=O)c1ccc2nn(CCN3CCOCC3)cc2c1.O=C(O)c1ccc2nn(CCN3CCOCC3)cc2c1. The molecular weight excluding hydrogens is 1750 g/mol. The number of nitrogens with two attached hydrogens (primary N) is 1. The number of aromatic carboxylic acids is 1. The van der Waals surface area contributed by atoms with Crippen LogP contribution in [0.15, 0.2) is 218 Å². The van der Waals surface area contributed by atoms with Gasteiger partial charge in [0, 0.05) is 192 Å². The number of aromatic nitrogens is 8. The van der Waals surface area contributed by atoms with Crippen LogP contribution < -0.4 is 11.1 Å². The molecule has 19 rings (SSSR count). The molecule has 9 aromatic carbocycles. The number of carboxylic acid groups (broad SMARTS) is 1. The number of nitrogens with one attached hydrogen (secondary N) is 1. The standard InChI is InChI=1S/C32H36N4O4.C27H28N4O2.C15H19N3O3.C14H17N3O3.C10H9NO2.C6H12ClNO/c1-32(2,3)40-31(38)33-28-11-9-24(23-7-5-4-6-8-23)19-26(28)21-30(37)25-10-12-29-27(20-25)22-36(34-29)14-13-35-15-17-39-18-16-35;28-25-8-6-21(20-4-2-1-3-5-20)16-23(25)18-27(32)22-7-9-26-24(17-22)19-31(29-26)11-10-30-12-14-33-15-13-30;1-20-15(19)12-2-3-14-13(10-12)11-18(16-14)5-4-17-6-8-21-9-7-17;18-14(19)11-1-2-13-12(9-11)10-17(15-13)4-3-16-5-7-20-8-6-16;1-13-10(12)7-2-3-8-5-11-6-9(8)4-7;7-1-2-8-3-5-9-6-4-8/h4-12,19-20,22H,13-18,21H2,1-3H3,(H,33,38);1-9,16-17,19H,10-15,18,28H2;2-3,10-11H,4-9H2,1H3;1-2,9-10H,3-8H2,(H,18,19);2-4,6H,5H2,1H3;1-6H2. The molecule has 6 aliphatic rings. The van der Waals surface area contributed by atoms with Gasteiger partial charge in [-0.25, -0.2) is 19.2 Å². The summed E-state index contributed by atoms with van der Waals surface area (Å²) in [4.78, 5) is 88.7. The topological polar surface area (TPSA) is 334 Å². The summed E-state index contributed by atoms with van der Waals surface area (Å²) in [7, 11) is 2.77. The Morgan fingerprint density at radius 1 is 0.404 bits per heavy atom. The van der Waals surface area contributed by atoms with Crippen molar-refractivity contribution in [3.8, 4) is 22.3 Å². The van der Waals surface area contributed by atoms with Crippen LogP contribution in [0.25, 0.3) is 65.9 Å². The number of Topliss-reactive ketones (excluding diaryl/α,β-unsaturated/α-hetero) is 2. The number of aliphatic imine (C=N–C) groups is 1. The third-order valence-electron chi connectivity index (χ3n) is 23.9. The molecule has 714 valence electrons. The summed E-state index contributed by atoms with van der Waals surface area (Å²) in [5.41, 5.74) is 20.9. The summed E-state index contributed by atoms with van der Waals surface area (Å²) >= 11 is 5.55. The van der Waals surface area contributed by atoms with Crippen LogP contribution >= 0.6 is 11.6 Å². The number of morpholine rings is 5. The summed E-state index contributed by atoms with van der Waals surface area (Å²) in [6.07, 6.45) is 9.52. The molecule has 4 N–H and O–H groups in total. The number of alkyl halides is 1. The number of hydrogen-bond donors (Lipinski definition) is 3. The van der Waals surface area contributed by atoms with Gasteiger partial charge in [-0.15, -0.1) is 11.6 Å². The van der Waals surface area contributed by atoms with Gasteiger partial charge in [0.2, 0.25) is 0 Å². The lowest BCUT2D eigenvalue weighted by Crippen LogP contribution is -2.38. The minimum absolute atomic E-state index is 0.0413. The lowest BCUT2D eigenvalue weighted by Gasteiger charge is -2.26. The van der Waals surface area contributed by atoms with Crippen molar-refractivity contribution in [3.05, 3.63) is 263 Å². The zero-order valence-corrected chi connectivity index (χ0v) is 78.8. The van der Waals surface area contributed by atoms with E-state index in [9.17, 15) is 28.8 Å². The van der Waals surface area contributed by atoms with E-state index in [-0.39, 0.29) is 36.3 Å². The third-order valence-corrected chi connectivity index (χ3v) is 24.0. The summed E-state index contributed by atoms with van der Waals surface area (Å²) in [5, 5.41) is 33.9. The predicted octanol–water partition coefficient (Wildman–Crippen LogP) is 14.0. The molecular formula is C104H121ClN16O15. The van der Waals surface area contributed by atoms with E-state index >= 15 is 0 Å². The van der Waals surface area contributed by atoms with Gasteiger partial charge in [0.05, 0.1) is 152 Å². The van der Waals surface area contributed by atoms with Crippen molar-refractivity contribution in [1.82, 2.24) is 63.6 Å². The van der Waals surface area contributed by atoms with Crippen LogP contribution in [0.3, 0.4) is 0 Å². The van der Waals surface area contributed by atoms with Crippen LogP contribution in [-0.4, -0.2) is 300 Å². The Hall–Kier alpha value is -12.8. The van der Waals surface area contributed by atoms with Gasteiger partial charge in [0.1, 0.15) is 5.60 Å². The molecule has 31 nitrogen and oxygen atoms in total. The minimum atomic E-state index is -0.909. The van der Waals surface area contributed by atoms with E-state index in [1.807, 2.05) is 204 Å². The second kappa shape index (κ2) is 49.6. The zero-order chi connectivity index (χ0) is 95.1. The number of ether oxygens (including phenoxy) is 8. The van der Waals surface area contributed by atoms with E-state index < -0.39 is 17.7 Å². The number of rotatable bonds is 26. The molecule has 136 heavy (non-hydrogen) atoms. The average Bonchev–Trinajstić information content (AvgIpc) is 1.48. The molecule has 0 aliphatic carbocycles. The van der Waals surface area contributed by atoms with Gasteiger partial charge in [-0.1, -0.05) is 78.9 Å². The number of nitrogens with zero attached hydrogens (tertiary/aromatic N) is 14. The maximum atomic E-state index is 13.5. The Balaban J connectivity index is 0.000000138. The number of esters is 2. The molecule has 0 bridgehead atoms. The number of nitrogen functional groups attached to an aromatic ring is 1. The molecule has 5 fully saturated rings. The fourth-order valence-electron chi connectivity index (χ4n) is 16.3. The van der Waals surface area contributed by atoms with E-state index in [0.717, 1.165) is 291 Å². The van der Waals surface area contributed by atoms with Crippen molar-refractivity contribution < 1.29 is 71.8 Å². The highest BCUT2D eigenvalue weighted by Gasteiger charge is 2.24. The monoisotopic (exact) mass is 1870 g/mol. The minimum Gasteiger partial charge on any atom is -0.478 e. The molecule has 0 atom stereocenters. The van der Waals surface area contributed by atoms with Crippen molar-refractivity contribution in [2.45, 2.75) is 71.9 Å². The molecule has 32 heteroatoms. The first-order valence-electron chi connectivity index (χ1n) is 46.3. The number of carbonyl (C=O) groups is 6. The molecule has 5 saturated heterocycles. The fourth-order valence-corrected chi connectivity index (χ4v) is 16.5. The number of fused-ring (bicyclic) bond motifs is 5. The van der Waals surface area contributed by atoms with Gasteiger partial charge in [-0.05, 0) is 174 Å². The van der Waals surface area contributed by atoms with Gasteiger partial charge in [-0.2, -0.15) is 20.4 Å². The van der Waals surface area contributed by atoms with E-state index in [0.29, 0.717) is 39.2 Å². The smallest absolute Gasteiger partial charge is 0.412 e. The summed E-state index contributed by atoms with van der Waals surface area (Å²) in [6, 6.07) is 59.0. The quantitative estimate of drug-likeness (QED) is 0.0149. The summed E-state index contributed by atoms with van der Waals surface area (Å²) in [6.45, 7) is 32.0. The largest absolute Gasteiger partial charge is 0.478 e. The third kappa shape index (κ3) is 29.4. The molecule has 1 amide bonds. The van der Waals surface area contributed by atoms with Crippen molar-refractivity contribution in [3.63, 3.8) is 0 Å². The first-order chi connectivity index (χ1) is 66.1. The number of carboxylic acids is 1. The zero-order valence-electron chi connectivity index (χ0n) is 78.0. The second-order valence-electron chi connectivity index (χ2n) is 34.6. The van der Waals surface area contributed by atoms with Gasteiger partial charge < -0.3 is 48.7 Å². The van der Waals surface area contributed by atoms with Crippen molar-refractivity contribution >= 4 is 108 Å². The maximum Gasteiger partial charge on any atom is 0.412 e. The molecule has 0 saturated carbocycles. The molecule has 0 unspecified atom stereocenters. The number of amides is 1. The number of carbonyl (C=O) groups excluding carboxylic acids is 5. The van der Waals surface area contributed by atoms with Gasteiger partial charge in [0.15, 0.2) is 11.6 Å². The highest BCUT2D eigenvalue weighted by atomic mass is 35.5. The van der Waals surface area contributed by atoms with E-state index in [1.165, 1.54) is 14.2 Å². The summed E-state index contributed by atoms with van der Waals surface area (Å²) in [5.74, 6) is -0.788. The van der Waals surface area contributed by atoms with Crippen molar-refractivity contribution in [1.29, 1.82) is 0 Å². The number of benzene rings is 9. The summed E-state index contributed by atoms with van der Waals surface area (Å²) < 4.78 is 49.2. The van der Waals surface area contributed by atoms with E-state index in [4.69, 9.17) is 55.6 Å². The molecule has 0 radical (unpaired) electrons. The van der Waals surface area contributed by atoms with Gasteiger partial charge >= 0.3 is 24.0 Å². The van der Waals surface area contributed by atoms with Gasteiger partial charge in [-0.3, -0.25) is 63.1 Å². The van der Waals surface area contributed by atoms with Gasteiger partial charge in [0.25, 0.3) is 0 Å². The molecule has 13 aromatic rings. The van der Waals surface area contributed by atoms with Crippen molar-refractivity contribution in [2.75, 3.05) is 195 Å². The Morgan fingerprint density at radius 3 is 1.15 bits per heavy atom. The number of methoxy groups -OCH3 is 2. The number of ketones is 2. The Kier molecular flexibility index (Phi) is 36.2. The van der Waals surface area contributed by atoms with E-state index in [1.54, 1.807) is 42.6 Å². The van der Waals surface area contributed by atoms with E-state index in [2.05, 4.69) is 72.1 Å². The number of hydrogen-bond acceptors (Lipinski definition) is 25. The molecule has 0 spiro atoms. The van der Waals surface area contributed by atoms with Crippen LogP contribution in [0.5, 0.6) is 0 Å². The maximum absolute atomic E-state index is 13.5.